The molecule has 36 heavy (non-hydrogen) atoms. The minimum absolute atomic E-state index is 0.0111. The fraction of sp³-hybridized carbons (Fsp3) is 0.304. The number of esters is 1. The van der Waals surface area contributed by atoms with E-state index in [1.807, 2.05) is 0 Å². The highest BCUT2D eigenvalue weighted by atomic mass is 35.5. The summed E-state index contributed by atoms with van der Waals surface area (Å²) in [5.74, 6) is -1.20. The van der Waals surface area contributed by atoms with Crippen LogP contribution in [0.4, 0.5) is 4.79 Å². The summed E-state index contributed by atoms with van der Waals surface area (Å²) in [6.45, 7) is 1.48. The number of carbonyl (C=O) groups excluding carboxylic acids is 4. The zero-order valence-electron chi connectivity index (χ0n) is 19.0. The van der Waals surface area contributed by atoms with Crippen molar-refractivity contribution in [3.8, 4) is 5.75 Å². The Morgan fingerprint density at radius 2 is 1.83 bits per heavy atom. The average Bonchev–Trinajstić information content (AvgIpc) is 3.44. The van der Waals surface area contributed by atoms with Crippen molar-refractivity contribution >= 4 is 53.1 Å². The van der Waals surface area contributed by atoms with Crippen LogP contribution < -0.4 is 10.1 Å². The van der Waals surface area contributed by atoms with Crippen molar-refractivity contribution in [2.75, 3.05) is 40.0 Å². The van der Waals surface area contributed by atoms with Crippen LogP contribution in [-0.4, -0.2) is 73.6 Å². The smallest absolute Gasteiger partial charge is 0.373 e. The standard InChI is InChI=1S/C23H21Cl2N3O8/c1-33-22(31)18-3-2-14(36-18)11-28-21(30)17(26-23(28)32)10-13-8-15(24)20(16(25)9-13)35-12-19(29)27-4-6-34-7-5-27/h2-3,8-10H,4-7,11-12H2,1H3,(H,26,32)/b17-10-. The van der Waals surface area contributed by atoms with E-state index in [0.29, 0.717) is 31.9 Å². The number of ether oxygens (including phenoxy) is 3. The minimum Gasteiger partial charge on any atom is -0.481 e. The van der Waals surface area contributed by atoms with E-state index in [2.05, 4.69) is 10.1 Å². The van der Waals surface area contributed by atoms with Crippen LogP contribution in [-0.2, 0) is 25.6 Å². The summed E-state index contributed by atoms with van der Waals surface area (Å²) < 4.78 is 20.7. The Bertz CT molecular complexity index is 1210. The van der Waals surface area contributed by atoms with Gasteiger partial charge in [-0.05, 0) is 35.9 Å². The van der Waals surface area contributed by atoms with Crippen LogP contribution in [0.1, 0.15) is 21.9 Å². The van der Waals surface area contributed by atoms with Gasteiger partial charge in [-0.2, -0.15) is 0 Å². The van der Waals surface area contributed by atoms with Crippen LogP contribution in [0.2, 0.25) is 10.0 Å². The number of benzene rings is 1. The quantitative estimate of drug-likeness (QED) is 0.324. The predicted molar refractivity (Wildman–Crippen MR) is 126 cm³/mol. The summed E-state index contributed by atoms with van der Waals surface area (Å²) >= 11 is 12.6. The van der Waals surface area contributed by atoms with Gasteiger partial charge in [0, 0.05) is 13.1 Å². The number of halogens is 2. The summed E-state index contributed by atoms with van der Waals surface area (Å²) in [5.41, 5.74) is 0.413. The molecule has 0 atom stereocenters. The number of nitrogens with one attached hydrogen (secondary N) is 1. The van der Waals surface area contributed by atoms with Crippen molar-refractivity contribution in [2.24, 2.45) is 0 Å². The van der Waals surface area contributed by atoms with Crippen molar-refractivity contribution in [2.45, 2.75) is 6.54 Å². The Labute approximate surface area is 215 Å². The van der Waals surface area contributed by atoms with Gasteiger partial charge in [-0.25, -0.2) is 9.59 Å². The van der Waals surface area contributed by atoms with Gasteiger partial charge in [-0.15, -0.1) is 0 Å². The Balaban J connectivity index is 1.43. The Kier molecular flexibility index (Phi) is 7.82. The van der Waals surface area contributed by atoms with E-state index < -0.39 is 17.9 Å². The third kappa shape index (κ3) is 5.64. The van der Waals surface area contributed by atoms with E-state index in [0.717, 1.165) is 4.90 Å². The molecular weight excluding hydrogens is 517 g/mol. The van der Waals surface area contributed by atoms with Gasteiger partial charge in [-0.3, -0.25) is 14.5 Å². The number of morpholine rings is 1. The summed E-state index contributed by atoms with van der Waals surface area (Å²) in [6.07, 6.45) is 1.41. The first-order valence-electron chi connectivity index (χ1n) is 10.8. The Hall–Kier alpha value is -3.54. The van der Waals surface area contributed by atoms with E-state index in [4.69, 9.17) is 37.1 Å². The van der Waals surface area contributed by atoms with Crippen molar-refractivity contribution in [1.82, 2.24) is 15.1 Å². The zero-order valence-corrected chi connectivity index (χ0v) is 20.6. The minimum atomic E-state index is -0.675. The first kappa shape index (κ1) is 25.5. The molecule has 190 valence electrons. The van der Waals surface area contributed by atoms with Crippen molar-refractivity contribution in [3.05, 3.63) is 57.1 Å². The molecule has 2 fully saturated rings. The SMILES string of the molecule is COC(=O)c1ccc(CN2C(=O)N/C(=C\c3cc(Cl)c(OCC(=O)N4CCOCC4)c(Cl)c3)C2=O)o1. The number of hydrogen-bond acceptors (Lipinski definition) is 8. The molecule has 1 aromatic carbocycles. The summed E-state index contributed by atoms with van der Waals surface area (Å²) in [7, 11) is 1.21. The molecule has 0 spiro atoms. The molecule has 1 aromatic heterocycles. The molecule has 0 unspecified atom stereocenters. The van der Waals surface area contributed by atoms with Gasteiger partial charge < -0.3 is 28.8 Å². The van der Waals surface area contributed by atoms with Gasteiger partial charge in [-0.1, -0.05) is 23.2 Å². The third-order valence-electron chi connectivity index (χ3n) is 5.36. The molecule has 2 aliphatic rings. The lowest BCUT2D eigenvalue weighted by Gasteiger charge is -2.26. The fourth-order valence-corrected chi connectivity index (χ4v) is 4.16. The van der Waals surface area contributed by atoms with E-state index in [9.17, 15) is 19.2 Å². The lowest BCUT2D eigenvalue weighted by molar-refractivity contribution is -0.137. The topological polar surface area (TPSA) is 128 Å². The van der Waals surface area contributed by atoms with E-state index >= 15 is 0 Å². The van der Waals surface area contributed by atoms with Crippen LogP contribution in [0.3, 0.4) is 0 Å². The molecular formula is C23H21Cl2N3O8. The molecule has 1 N–H and O–H groups in total. The van der Waals surface area contributed by atoms with Crippen LogP contribution in [0, 0.1) is 0 Å². The number of carbonyl (C=O) groups is 4. The van der Waals surface area contributed by atoms with Crippen molar-refractivity contribution < 1.29 is 37.8 Å². The monoisotopic (exact) mass is 537 g/mol. The summed E-state index contributed by atoms with van der Waals surface area (Å²) in [4.78, 5) is 51.5. The second-order valence-electron chi connectivity index (χ2n) is 7.73. The molecule has 2 aromatic rings. The largest absolute Gasteiger partial charge is 0.481 e. The predicted octanol–water partition coefficient (Wildman–Crippen LogP) is 2.70. The number of rotatable bonds is 7. The van der Waals surface area contributed by atoms with Crippen molar-refractivity contribution in [3.63, 3.8) is 0 Å². The van der Waals surface area contributed by atoms with Crippen molar-refractivity contribution in [1.29, 1.82) is 0 Å². The molecule has 0 bridgehead atoms. The molecule has 0 radical (unpaired) electrons. The first-order valence-corrected chi connectivity index (χ1v) is 11.5. The number of amides is 4. The number of nitrogens with zero attached hydrogens (tertiary/aromatic N) is 2. The number of hydrogen-bond donors (Lipinski definition) is 1. The van der Waals surface area contributed by atoms with E-state index in [-0.39, 0.29) is 52.1 Å². The third-order valence-corrected chi connectivity index (χ3v) is 5.92. The number of furan rings is 1. The maximum absolute atomic E-state index is 12.8. The fourth-order valence-electron chi connectivity index (χ4n) is 3.55. The molecule has 0 aliphatic carbocycles. The van der Waals surface area contributed by atoms with Crippen LogP contribution >= 0.6 is 23.2 Å². The van der Waals surface area contributed by atoms with Gasteiger partial charge in [0.1, 0.15) is 11.5 Å². The molecule has 3 heterocycles. The Morgan fingerprint density at radius 3 is 2.50 bits per heavy atom. The summed E-state index contributed by atoms with van der Waals surface area (Å²) in [5, 5.41) is 2.74. The lowest BCUT2D eigenvalue weighted by Crippen LogP contribution is -2.43. The molecule has 0 saturated carbocycles. The van der Waals surface area contributed by atoms with Crippen LogP contribution in [0.5, 0.6) is 5.75 Å². The van der Waals surface area contributed by atoms with E-state index in [1.165, 1.54) is 37.5 Å². The lowest BCUT2D eigenvalue weighted by atomic mass is 10.1. The van der Waals surface area contributed by atoms with Crippen LogP contribution in [0.15, 0.2) is 34.4 Å². The number of imide groups is 1. The number of urea groups is 1. The second-order valence-corrected chi connectivity index (χ2v) is 8.55. The normalized spacial score (nSPS) is 16.9. The zero-order chi connectivity index (χ0) is 25.8. The highest BCUT2D eigenvalue weighted by molar-refractivity contribution is 6.37. The maximum atomic E-state index is 12.8. The highest BCUT2D eigenvalue weighted by Gasteiger charge is 2.34. The molecule has 2 aliphatic heterocycles. The first-order chi connectivity index (χ1) is 17.3. The number of methoxy groups -OCH3 is 1. The van der Waals surface area contributed by atoms with Gasteiger partial charge in [0.05, 0.1) is 36.9 Å². The average molecular weight is 538 g/mol. The maximum Gasteiger partial charge on any atom is 0.373 e. The summed E-state index contributed by atoms with van der Waals surface area (Å²) in [6, 6.07) is 5.18. The van der Waals surface area contributed by atoms with Gasteiger partial charge in [0.2, 0.25) is 5.76 Å². The molecule has 13 heteroatoms. The molecule has 4 rings (SSSR count). The highest BCUT2D eigenvalue weighted by Crippen LogP contribution is 2.35. The molecule has 11 nitrogen and oxygen atoms in total. The Morgan fingerprint density at radius 1 is 1.14 bits per heavy atom. The second kappa shape index (κ2) is 11.0. The van der Waals surface area contributed by atoms with Gasteiger partial charge in [0.25, 0.3) is 11.8 Å². The van der Waals surface area contributed by atoms with E-state index in [1.54, 1.807) is 4.90 Å². The molecule has 4 amide bonds. The van der Waals surface area contributed by atoms with Gasteiger partial charge >= 0.3 is 12.0 Å². The van der Waals surface area contributed by atoms with Crippen LogP contribution in [0.25, 0.3) is 6.08 Å². The van der Waals surface area contributed by atoms with Gasteiger partial charge in [0.15, 0.2) is 12.4 Å². The molecule has 2 saturated heterocycles.